The summed E-state index contributed by atoms with van der Waals surface area (Å²) in [7, 11) is -0.482. The zero-order chi connectivity index (χ0) is 21.7. The molecule has 2 aromatic rings. The van der Waals surface area contributed by atoms with Crippen molar-refractivity contribution in [1.29, 1.82) is 0 Å². The molecule has 6 nitrogen and oxygen atoms in total. The van der Waals surface area contributed by atoms with Crippen molar-refractivity contribution in [3.8, 4) is 11.6 Å². The van der Waals surface area contributed by atoms with E-state index in [1.807, 2.05) is 43.1 Å². The largest absolute Gasteiger partial charge is 0.438 e. The summed E-state index contributed by atoms with van der Waals surface area (Å²) in [6, 6.07) is 9.19. The zero-order valence-electron chi connectivity index (χ0n) is 18.0. The second-order valence-corrected chi connectivity index (χ2v) is 10.9. The number of hydrogen-bond acceptors (Lipinski definition) is 5. The lowest BCUT2D eigenvalue weighted by atomic mass is 9.86. The van der Waals surface area contributed by atoms with Gasteiger partial charge in [0.1, 0.15) is 5.75 Å². The maximum absolute atomic E-state index is 13.1. The molecule has 1 aromatic carbocycles. The van der Waals surface area contributed by atoms with E-state index >= 15 is 0 Å². The molecule has 3 rings (SSSR count). The molecule has 30 heavy (non-hydrogen) atoms. The van der Waals surface area contributed by atoms with Crippen molar-refractivity contribution in [3.63, 3.8) is 0 Å². The maximum atomic E-state index is 13.1. The number of rotatable bonds is 8. The summed E-state index contributed by atoms with van der Waals surface area (Å²) < 4.78 is 24.3. The normalized spacial score (nSPS) is 16.2. The van der Waals surface area contributed by atoms with Gasteiger partial charge in [-0.05, 0) is 72.8 Å². The van der Waals surface area contributed by atoms with E-state index in [2.05, 4.69) is 37.2 Å². The molecule has 1 aliphatic carbocycles. The van der Waals surface area contributed by atoms with E-state index < -0.39 is 9.73 Å². The molecule has 1 aromatic heterocycles. The Labute approximate surface area is 188 Å². The van der Waals surface area contributed by atoms with E-state index in [9.17, 15) is 4.21 Å². The van der Waals surface area contributed by atoms with Crippen LogP contribution in [0.3, 0.4) is 0 Å². The Morgan fingerprint density at radius 1 is 1.37 bits per heavy atom. The first-order chi connectivity index (χ1) is 14.3. The van der Waals surface area contributed by atoms with Crippen molar-refractivity contribution in [2.24, 2.45) is 15.3 Å². The molecule has 0 N–H and O–H groups in total. The Hall–Kier alpha value is -1.93. The van der Waals surface area contributed by atoms with Gasteiger partial charge in [-0.15, -0.1) is 0 Å². The Kier molecular flexibility index (Phi) is 7.52. The van der Waals surface area contributed by atoms with Gasteiger partial charge in [0.15, 0.2) is 0 Å². The van der Waals surface area contributed by atoms with Crippen LogP contribution in [0.25, 0.3) is 0 Å². The van der Waals surface area contributed by atoms with Crippen LogP contribution in [0.2, 0.25) is 0 Å². The van der Waals surface area contributed by atoms with Gasteiger partial charge in [-0.3, -0.25) is 0 Å². The summed E-state index contributed by atoms with van der Waals surface area (Å²) in [6.45, 7) is 5.50. The topological polar surface area (TPSA) is 67.2 Å². The molecule has 1 atom stereocenters. The Morgan fingerprint density at radius 3 is 2.80 bits per heavy atom. The number of pyridine rings is 1. The lowest BCUT2D eigenvalue weighted by Crippen LogP contribution is -2.15. The first kappa shape index (κ1) is 22.7. The fourth-order valence-corrected chi connectivity index (χ4v) is 4.57. The summed E-state index contributed by atoms with van der Waals surface area (Å²) >= 11 is 3.53. The quantitative estimate of drug-likeness (QED) is 0.344. The Balaban J connectivity index is 1.79. The Bertz CT molecular complexity index is 1040. The maximum Gasteiger partial charge on any atom is 0.233 e. The van der Waals surface area contributed by atoms with Crippen LogP contribution in [-0.4, -0.2) is 46.8 Å². The number of ether oxygens (including phenoxy) is 1. The van der Waals surface area contributed by atoms with E-state index in [4.69, 9.17) is 4.74 Å². The summed E-state index contributed by atoms with van der Waals surface area (Å²) in [4.78, 5) is 11.7. The molecule has 0 amide bonds. The summed E-state index contributed by atoms with van der Waals surface area (Å²) in [5.41, 5.74) is 1.54. The van der Waals surface area contributed by atoms with E-state index in [0.29, 0.717) is 33.5 Å². The first-order valence-corrected chi connectivity index (χ1v) is 12.9. The monoisotopic (exact) mass is 492 g/mol. The van der Waals surface area contributed by atoms with Crippen molar-refractivity contribution in [2.45, 2.75) is 38.0 Å². The molecule has 8 heteroatoms. The number of halogens is 1. The Morgan fingerprint density at radius 2 is 2.13 bits per heavy atom. The van der Waals surface area contributed by atoms with E-state index in [0.717, 1.165) is 17.9 Å². The number of hydrogen-bond donors (Lipinski definition) is 0. The van der Waals surface area contributed by atoms with Crippen LogP contribution >= 0.6 is 15.9 Å². The predicted molar refractivity (Wildman–Crippen MR) is 127 cm³/mol. The summed E-state index contributed by atoms with van der Waals surface area (Å²) in [5.74, 6) is 1.61. The van der Waals surface area contributed by atoms with Crippen LogP contribution in [0, 0.1) is 12.8 Å². The van der Waals surface area contributed by atoms with Crippen LogP contribution in [0.4, 0.5) is 5.69 Å². The van der Waals surface area contributed by atoms with Crippen molar-refractivity contribution >= 4 is 37.7 Å². The van der Waals surface area contributed by atoms with Gasteiger partial charge in [-0.2, -0.15) is 0 Å². The second kappa shape index (κ2) is 9.92. The highest BCUT2D eigenvalue weighted by atomic mass is 79.9. The fraction of sp³-hybridized carbons (Fsp3) is 0.455. The number of aryl methyl sites for hydroxylation is 1. The number of aliphatic imine (C=N–C) groups is 1. The van der Waals surface area contributed by atoms with Gasteiger partial charge in [0.2, 0.25) is 5.88 Å². The minimum atomic E-state index is -2.45. The van der Waals surface area contributed by atoms with Crippen LogP contribution < -0.4 is 4.74 Å². The number of aromatic nitrogens is 1. The predicted octanol–water partition coefficient (Wildman–Crippen LogP) is 5.81. The molecule has 1 unspecified atom stereocenters. The number of nitrogens with zero attached hydrogens (tertiary/aromatic N) is 4. The molecule has 1 heterocycles. The fourth-order valence-electron chi connectivity index (χ4n) is 2.88. The van der Waals surface area contributed by atoms with Crippen LogP contribution in [0.5, 0.6) is 11.6 Å². The molecule has 0 bridgehead atoms. The van der Waals surface area contributed by atoms with Gasteiger partial charge in [0, 0.05) is 19.8 Å². The molecular formula is C22H29BrN4O2S. The molecule has 162 valence electrons. The van der Waals surface area contributed by atoms with Gasteiger partial charge in [-0.1, -0.05) is 12.5 Å². The van der Waals surface area contributed by atoms with Crippen LogP contribution in [0.15, 0.2) is 49.1 Å². The van der Waals surface area contributed by atoms with Crippen molar-refractivity contribution < 1.29 is 8.95 Å². The first-order valence-electron chi connectivity index (χ1n) is 10.2. The van der Waals surface area contributed by atoms with Gasteiger partial charge in [-0.25, -0.2) is 18.5 Å². The van der Waals surface area contributed by atoms with Crippen molar-refractivity contribution in [1.82, 2.24) is 9.88 Å². The lowest BCUT2D eigenvalue weighted by Gasteiger charge is -2.23. The summed E-state index contributed by atoms with van der Waals surface area (Å²) in [5, 5.41) is 0. The highest BCUT2D eigenvalue weighted by molar-refractivity contribution is 9.10. The molecular weight excluding hydrogens is 464 g/mol. The molecule has 1 aliphatic rings. The highest BCUT2D eigenvalue weighted by Gasteiger charge is 2.18. The standard InChI is InChI=1S/C22H29BrN4O2S/c1-5-27(3)15-24-21-13-20(23)22(26-16(21)2)29-18-10-7-11-19(12-18)30(4,28)25-14-17-8-6-9-17/h7,10-13,15,17H,5-6,8-9,14H2,1-4H3. The number of benzene rings is 1. The SMILES string of the molecule is CCN(C)C=Nc1cc(Br)c(Oc2cccc(S(C)(=O)=NCC3CCC3)c2)nc1C. The van der Waals surface area contributed by atoms with Gasteiger partial charge >= 0.3 is 0 Å². The lowest BCUT2D eigenvalue weighted by molar-refractivity contribution is 0.327. The highest BCUT2D eigenvalue weighted by Crippen LogP contribution is 2.33. The molecule has 0 spiro atoms. The molecule has 0 aliphatic heterocycles. The summed E-state index contributed by atoms with van der Waals surface area (Å²) in [6.07, 6.45) is 7.12. The van der Waals surface area contributed by atoms with E-state index in [1.54, 1.807) is 18.7 Å². The van der Waals surface area contributed by atoms with Gasteiger partial charge in [0.25, 0.3) is 0 Å². The van der Waals surface area contributed by atoms with Crippen LogP contribution in [0.1, 0.15) is 31.9 Å². The van der Waals surface area contributed by atoms with Gasteiger partial charge < -0.3 is 9.64 Å². The van der Waals surface area contributed by atoms with Gasteiger partial charge in [0.05, 0.1) is 43.4 Å². The third kappa shape index (κ3) is 5.82. The third-order valence-corrected chi connectivity index (χ3v) is 7.60. The molecule has 0 saturated heterocycles. The van der Waals surface area contributed by atoms with Crippen molar-refractivity contribution in [3.05, 3.63) is 40.5 Å². The van der Waals surface area contributed by atoms with E-state index in [1.165, 1.54) is 19.3 Å². The molecule has 1 saturated carbocycles. The smallest absolute Gasteiger partial charge is 0.233 e. The zero-order valence-corrected chi connectivity index (χ0v) is 20.4. The third-order valence-electron chi connectivity index (χ3n) is 5.26. The molecule has 0 radical (unpaired) electrons. The van der Waals surface area contributed by atoms with E-state index in [-0.39, 0.29) is 0 Å². The average molecular weight is 493 g/mol. The minimum Gasteiger partial charge on any atom is -0.438 e. The van der Waals surface area contributed by atoms with Crippen LogP contribution in [-0.2, 0) is 9.73 Å². The average Bonchev–Trinajstić information content (AvgIpc) is 2.68. The molecule has 1 fully saturated rings. The van der Waals surface area contributed by atoms with Crippen molar-refractivity contribution in [2.75, 3.05) is 26.4 Å². The minimum absolute atomic E-state index is 0.446. The second-order valence-electron chi connectivity index (χ2n) is 7.69.